The number of nitriles is 1. The molecule has 0 N–H and O–H groups in total. The maximum Gasteiger partial charge on any atom is 0.140 e. The van der Waals surface area contributed by atoms with Gasteiger partial charge in [-0.25, -0.2) is 0 Å². The fourth-order valence-electron chi connectivity index (χ4n) is 2.30. The monoisotopic (exact) mass is 200 g/mol. The van der Waals surface area contributed by atoms with Crippen LogP contribution in [0.3, 0.4) is 0 Å². The lowest BCUT2D eigenvalue weighted by atomic mass is 9.67. The minimum Gasteiger partial charge on any atom is -0.491 e. The maximum atomic E-state index is 9.22. The van der Waals surface area contributed by atoms with Gasteiger partial charge in [-0.1, -0.05) is 0 Å². The van der Waals surface area contributed by atoms with Crippen LogP contribution in [0.2, 0.25) is 0 Å². The summed E-state index contributed by atoms with van der Waals surface area (Å²) in [6.45, 7) is 0.750. The highest BCUT2D eigenvalue weighted by Crippen LogP contribution is 2.43. The Bertz CT molecular complexity index is 443. The number of rotatable bonds is 1. The van der Waals surface area contributed by atoms with Crippen molar-refractivity contribution in [1.29, 1.82) is 5.26 Å². The lowest BCUT2D eigenvalue weighted by Crippen LogP contribution is -2.33. The van der Waals surface area contributed by atoms with E-state index in [9.17, 15) is 5.26 Å². The van der Waals surface area contributed by atoms with Crippen LogP contribution in [-0.4, -0.2) is 11.6 Å². The van der Waals surface area contributed by atoms with Gasteiger partial charge in [0, 0.05) is 12.0 Å². The molecule has 1 aliphatic heterocycles. The number of hydrogen-bond acceptors (Lipinski definition) is 3. The van der Waals surface area contributed by atoms with Gasteiger partial charge in [-0.3, -0.25) is 4.98 Å². The van der Waals surface area contributed by atoms with Crippen LogP contribution in [0.5, 0.6) is 5.75 Å². The Labute approximate surface area is 88.7 Å². The molecule has 1 aromatic heterocycles. The smallest absolute Gasteiger partial charge is 0.140 e. The van der Waals surface area contributed by atoms with Crippen molar-refractivity contribution in [2.45, 2.75) is 31.1 Å². The molecular weight excluding hydrogens is 188 g/mol. The van der Waals surface area contributed by atoms with E-state index in [0.717, 1.165) is 43.7 Å². The van der Waals surface area contributed by atoms with Gasteiger partial charge in [-0.2, -0.15) is 5.26 Å². The highest BCUT2D eigenvalue weighted by molar-refractivity contribution is 5.40. The third-order valence-electron chi connectivity index (χ3n) is 3.49. The van der Waals surface area contributed by atoms with Crippen LogP contribution >= 0.6 is 0 Å². The van der Waals surface area contributed by atoms with Crippen LogP contribution in [0.4, 0.5) is 0 Å². The van der Waals surface area contributed by atoms with Gasteiger partial charge in [-0.05, 0) is 25.3 Å². The highest BCUT2D eigenvalue weighted by atomic mass is 16.5. The van der Waals surface area contributed by atoms with Crippen molar-refractivity contribution in [3.63, 3.8) is 0 Å². The van der Waals surface area contributed by atoms with Crippen LogP contribution < -0.4 is 4.74 Å². The van der Waals surface area contributed by atoms with E-state index >= 15 is 0 Å². The van der Waals surface area contributed by atoms with Crippen molar-refractivity contribution < 1.29 is 4.74 Å². The molecule has 1 fully saturated rings. The lowest BCUT2D eigenvalue weighted by Gasteiger charge is -2.34. The molecule has 2 aliphatic rings. The Morgan fingerprint density at radius 3 is 3.00 bits per heavy atom. The molecule has 76 valence electrons. The average Bonchev–Trinajstić information content (AvgIpc) is 2.64. The molecule has 0 radical (unpaired) electrons. The molecule has 0 unspecified atom stereocenters. The van der Waals surface area contributed by atoms with Crippen molar-refractivity contribution in [1.82, 2.24) is 4.98 Å². The first kappa shape index (κ1) is 8.72. The van der Waals surface area contributed by atoms with Gasteiger partial charge >= 0.3 is 0 Å². The lowest BCUT2D eigenvalue weighted by molar-refractivity contribution is 0.315. The van der Waals surface area contributed by atoms with E-state index in [1.807, 2.05) is 0 Å². The number of fused-ring (bicyclic) bond motifs is 1. The minimum atomic E-state index is -0.294. The quantitative estimate of drug-likeness (QED) is 0.696. The summed E-state index contributed by atoms with van der Waals surface area (Å²) in [4.78, 5) is 4.37. The molecule has 1 aliphatic carbocycles. The second-order valence-electron chi connectivity index (χ2n) is 4.32. The van der Waals surface area contributed by atoms with Crippen molar-refractivity contribution in [3.05, 3.63) is 23.5 Å². The van der Waals surface area contributed by atoms with E-state index < -0.39 is 0 Å². The van der Waals surface area contributed by atoms with Crippen molar-refractivity contribution in [2.75, 3.05) is 6.61 Å². The summed E-state index contributed by atoms with van der Waals surface area (Å²) in [6, 6.07) is 4.48. The van der Waals surface area contributed by atoms with E-state index in [0.29, 0.717) is 0 Å². The zero-order valence-corrected chi connectivity index (χ0v) is 8.49. The number of ether oxygens (including phenoxy) is 1. The van der Waals surface area contributed by atoms with Gasteiger partial charge in [0.25, 0.3) is 0 Å². The molecule has 15 heavy (non-hydrogen) atoms. The zero-order chi connectivity index (χ0) is 10.3. The first-order chi connectivity index (χ1) is 7.34. The molecule has 3 heteroatoms. The molecule has 0 saturated heterocycles. The number of hydrogen-bond donors (Lipinski definition) is 0. The van der Waals surface area contributed by atoms with Crippen LogP contribution in [0.1, 0.15) is 30.5 Å². The summed E-state index contributed by atoms with van der Waals surface area (Å²) >= 11 is 0. The first-order valence-electron chi connectivity index (χ1n) is 5.37. The Kier molecular flexibility index (Phi) is 1.72. The molecule has 3 rings (SSSR count). The van der Waals surface area contributed by atoms with Gasteiger partial charge in [-0.15, -0.1) is 0 Å². The average molecular weight is 200 g/mol. The highest BCUT2D eigenvalue weighted by Gasteiger charge is 2.40. The molecular formula is C12H12N2O. The standard InChI is InChI=1S/C12H12N2O/c13-8-12(3-1-4-12)11-6-9-2-5-15-10(9)7-14-11/h6-7H,1-5H2. The van der Waals surface area contributed by atoms with Crippen molar-refractivity contribution in [2.24, 2.45) is 0 Å². The predicted molar refractivity (Wildman–Crippen MR) is 54.6 cm³/mol. The molecule has 3 nitrogen and oxygen atoms in total. The molecule has 0 spiro atoms. The third kappa shape index (κ3) is 1.14. The van der Waals surface area contributed by atoms with Crippen LogP contribution in [-0.2, 0) is 11.8 Å². The van der Waals surface area contributed by atoms with Gasteiger partial charge < -0.3 is 4.74 Å². The Balaban J connectivity index is 2.03. The largest absolute Gasteiger partial charge is 0.491 e. The summed E-state index contributed by atoms with van der Waals surface area (Å²) < 4.78 is 5.41. The predicted octanol–water partition coefficient (Wildman–Crippen LogP) is 1.96. The molecule has 1 aromatic rings. The van der Waals surface area contributed by atoms with Gasteiger partial charge in [0.2, 0.25) is 0 Å². The van der Waals surface area contributed by atoms with Crippen LogP contribution in [0.25, 0.3) is 0 Å². The summed E-state index contributed by atoms with van der Waals surface area (Å²) in [5.41, 5.74) is 1.86. The number of pyridine rings is 1. The first-order valence-corrected chi connectivity index (χ1v) is 5.37. The van der Waals surface area contributed by atoms with Crippen LogP contribution in [0, 0.1) is 11.3 Å². The third-order valence-corrected chi connectivity index (χ3v) is 3.49. The topological polar surface area (TPSA) is 45.9 Å². The van der Waals surface area contributed by atoms with Crippen molar-refractivity contribution >= 4 is 0 Å². The van der Waals surface area contributed by atoms with E-state index in [1.54, 1.807) is 6.20 Å². The van der Waals surface area contributed by atoms with Gasteiger partial charge in [0.15, 0.2) is 0 Å². The van der Waals surface area contributed by atoms with E-state index in [4.69, 9.17) is 4.74 Å². The second-order valence-corrected chi connectivity index (χ2v) is 4.32. The zero-order valence-electron chi connectivity index (χ0n) is 8.49. The molecule has 2 heterocycles. The summed E-state index contributed by atoms with van der Waals surface area (Å²) in [5, 5.41) is 9.22. The fourth-order valence-corrected chi connectivity index (χ4v) is 2.30. The fraction of sp³-hybridized carbons (Fsp3) is 0.500. The number of nitrogens with zero attached hydrogens (tertiary/aromatic N) is 2. The summed E-state index contributed by atoms with van der Waals surface area (Å²) in [5.74, 6) is 0.895. The Morgan fingerprint density at radius 2 is 2.33 bits per heavy atom. The molecule has 0 aromatic carbocycles. The Hall–Kier alpha value is -1.56. The van der Waals surface area contributed by atoms with E-state index in [-0.39, 0.29) is 5.41 Å². The SMILES string of the molecule is N#CC1(c2cc3c(cn2)OCC3)CCC1. The number of aromatic nitrogens is 1. The normalized spacial score (nSPS) is 21.0. The summed E-state index contributed by atoms with van der Waals surface area (Å²) in [6.07, 6.45) is 5.77. The maximum absolute atomic E-state index is 9.22. The van der Waals surface area contributed by atoms with Gasteiger partial charge in [0.05, 0.1) is 30.0 Å². The second kappa shape index (κ2) is 2.96. The molecule has 1 saturated carbocycles. The van der Waals surface area contributed by atoms with E-state index in [2.05, 4.69) is 17.1 Å². The summed E-state index contributed by atoms with van der Waals surface area (Å²) in [7, 11) is 0. The van der Waals surface area contributed by atoms with E-state index in [1.165, 1.54) is 5.56 Å². The van der Waals surface area contributed by atoms with Crippen LogP contribution in [0.15, 0.2) is 12.3 Å². The minimum absolute atomic E-state index is 0.294. The molecule has 0 amide bonds. The molecule has 0 bridgehead atoms. The van der Waals surface area contributed by atoms with Gasteiger partial charge in [0.1, 0.15) is 5.75 Å². The van der Waals surface area contributed by atoms with Crippen molar-refractivity contribution in [3.8, 4) is 11.8 Å². The molecule has 0 atom stereocenters. The Morgan fingerprint density at radius 1 is 1.47 bits per heavy atom.